The summed E-state index contributed by atoms with van der Waals surface area (Å²) in [6.07, 6.45) is 1.31. The van der Waals surface area contributed by atoms with Gasteiger partial charge in [-0.05, 0) is 30.2 Å². The minimum Gasteiger partial charge on any atom is -0.872 e. The first-order valence-corrected chi connectivity index (χ1v) is 9.88. The number of phenols is 1. The lowest BCUT2D eigenvalue weighted by molar-refractivity contribution is -0.268. The van der Waals surface area contributed by atoms with Crippen LogP contribution in [0.2, 0.25) is 0 Å². The predicted molar refractivity (Wildman–Crippen MR) is 117 cm³/mol. The van der Waals surface area contributed by atoms with E-state index in [-0.39, 0.29) is 28.9 Å². The first kappa shape index (κ1) is 21.0. The molecule has 2 aliphatic heterocycles. The molecule has 2 aliphatic rings. The molecule has 2 aromatic carbocycles. The van der Waals surface area contributed by atoms with Crippen LogP contribution in [-0.2, 0) is 11.3 Å². The van der Waals surface area contributed by atoms with Gasteiger partial charge in [-0.15, -0.1) is 5.10 Å². The highest BCUT2D eigenvalue weighted by Gasteiger charge is 2.54. The van der Waals surface area contributed by atoms with Gasteiger partial charge in [0, 0.05) is 7.05 Å². The van der Waals surface area contributed by atoms with Crippen molar-refractivity contribution in [1.82, 2.24) is 24.8 Å². The SMILES string of the molecule is Cc1ccc(CN2C(N/N=C/c3ccc(O)cc3[O-])=[N+]=C3C2C(=O)N(C)C(=O)N3C)cc1. The highest BCUT2D eigenvalue weighted by Crippen LogP contribution is 2.21. The van der Waals surface area contributed by atoms with Gasteiger partial charge in [0.15, 0.2) is 0 Å². The van der Waals surface area contributed by atoms with Gasteiger partial charge in [-0.3, -0.25) is 9.69 Å². The maximum absolute atomic E-state index is 12.9. The van der Waals surface area contributed by atoms with Crippen molar-refractivity contribution in [1.29, 1.82) is 0 Å². The average molecular weight is 434 g/mol. The molecule has 0 saturated carbocycles. The van der Waals surface area contributed by atoms with E-state index in [2.05, 4.69) is 15.2 Å². The lowest BCUT2D eigenvalue weighted by Gasteiger charge is -2.31. The summed E-state index contributed by atoms with van der Waals surface area (Å²) in [5.41, 5.74) is 5.13. The number of hydrogen-bond acceptors (Lipinski definition) is 7. The number of amides is 3. The molecular formula is C22H22N6O4. The molecule has 3 amide bonds. The van der Waals surface area contributed by atoms with Crippen molar-refractivity contribution in [3.8, 4) is 11.5 Å². The summed E-state index contributed by atoms with van der Waals surface area (Å²) in [5.74, 6) is -0.320. The summed E-state index contributed by atoms with van der Waals surface area (Å²) in [4.78, 5) is 29.4. The Morgan fingerprint density at radius 2 is 1.88 bits per heavy atom. The molecule has 1 unspecified atom stereocenters. The lowest BCUT2D eigenvalue weighted by atomic mass is 10.1. The van der Waals surface area contributed by atoms with E-state index in [9.17, 15) is 19.8 Å². The van der Waals surface area contributed by atoms with Gasteiger partial charge in [0.25, 0.3) is 5.91 Å². The summed E-state index contributed by atoms with van der Waals surface area (Å²) in [7, 11) is 3.00. The lowest BCUT2D eigenvalue weighted by Crippen LogP contribution is -2.63. The number of benzene rings is 2. The van der Waals surface area contributed by atoms with Gasteiger partial charge < -0.3 is 10.2 Å². The fourth-order valence-corrected chi connectivity index (χ4v) is 3.53. The average Bonchev–Trinajstić information content (AvgIpc) is 3.12. The summed E-state index contributed by atoms with van der Waals surface area (Å²) >= 11 is 0. The highest BCUT2D eigenvalue weighted by atomic mass is 16.3. The molecule has 1 saturated heterocycles. The Morgan fingerprint density at radius 1 is 1.16 bits per heavy atom. The Labute approximate surface area is 184 Å². The van der Waals surface area contributed by atoms with Crippen molar-refractivity contribution in [2.24, 2.45) is 5.10 Å². The molecular weight excluding hydrogens is 412 g/mol. The standard InChI is InChI=1S/C22H22N6O4/c1-13-4-6-14(7-5-13)12-28-18-19(26(2)22(32)27(3)20(18)31)24-21(28)25-23-11-15-8-9-16(29)10-17(15)30/h4-11,18H,12H2,1-3H3,(H2,23,29,30). The van der Waals surface area contributed by atoms with Gasteiger partial charge >= 0.3 is 17.8 Å². The number of fused-ring (bicyclic) bond motifs is 1. The van der Waals surface area contributed by atoms with Crippen LogP contribution in [0.15, 0.2) is 47.6 Å². The molecule has 164 valence electrons. The van der Waals surface area contributed by atoms with E-state index in [4.69, 9.17) is 0 Å². The maximum Gasteiger partial charge on any atom is 0.421 e. The predicted octanol–water partition coefficient (Wildman–Crippen LogP) is -0.0724. The van der Waals surface area contributed by atoms with E-state index in [0.29, 0.717) is 12.4 Å². The third-order valence-electron chi connectivity index (χ3n) is 5.37. The molecule has 4 rings (SSSR count). The number of hydrogen-bond donors (Lipinski definition) is 2. The number of carbonyl (C=O) groups is 2. The molecule has 0 radical (unpaired) electrons. The van der Waals surface area contributed by atoms with Crippen LogP contribution in [0.25, 0.3) is 0 Å². The van der Waals surface area contributed by atoms with Crippen LogP contribution < -0.4 is 15.2 Å². The normalized spacial score (nSPS) is 18.2. The number of carbonyl (C=O) groups excluding carboxylic acids is 2. The zero-order valence-corrected chi connectivity index (χ0v) is 17.8. The van der Waals surface area contributed by atoms with E-state index < -0.39 is 12.1 Å². The van der Waals surface area contributed by atoms with Crippen LogP contribution in [0.1, 0.15) is 16.7 Å². The molecule has 0 aromatic heterocycles. The number of phenolic OH excluding ortho intramolecular Hbond substituents is 1. The van der Waals surface area contributed by atoms with Gasteiger partial charge in [0.05, 0.1) is 19.8 Å². The summed E-state index contributed by atoms with van der Waals surface area (Å²) in [6, 6.07) is 10.5. The van der Waals surface area contributed by atoms with Gasteiger partial charge in [0.2, 0.25) is 6.04 Å². The molecule has 2 N–H and O–H groups in total. The molecule has 32 heavy (non-hydrogen) atoms. The molecule has 0 spiro atoms. The molecule has 2 aromatic rings. The zero-order chi connectivity index (χ0) is 23.0. The van der Waals surface area contributed by atoms with Crippen LogP contribution in [0.5, 0.6) is 11.5 Å². The van der Waals surface area contributed by atoms with Crippen molar-refractivity contribution >= 4 is 29.9 Å². The third-order valence-corrected chi connectivity index (χ3v) is 5.37. The van der Waals surface area contributed by atoms with Crippen LogP contribution in [0, 0.1) is 6.92 Å². The van der Waals surface area contributed by atoms with Gasteiger partial charge in [-0.2, -0.15) is 5.43 Å². The van der Waals surface area contributed by atoms with Crippen molar-refractivity contribution in [3.63, 3.8) is 0 Å². The third kappa shape index (κ3) is 3.75. The topological polar surface area (TPSA) is 126 Å². The number of urea groups is 1. The second-order valence-electron chi connectivity index (χ2n) is 7.64. The number of aryl methyl sites for hydroxylation is 1. The second-order valence-corrected chi connectivity index (χ2v) is 7.64. The number of amidine groups is 1. The molecule has 10 nitrogen and oxygen atoms in total. The number of nitrogens with one attached hydrogen (secondary N) is 1. The Kier molecular flexibility index (Phi) is 5.29. The van der Waals surface area contributed by atoms with E-state index in [0.717, 1.165) is 22.1 Å². The smallest absolute Gasteiger partial charge is 0.421 e. The van der Waals surface area contributed by atoms with Crippen LogP contribution >= 0.6 is 0 Å². The quantitative estimate of drug-likeness (QED) is 0.394. The molecule has 0 aliphatic carbocycles. The summed E-state index contributed by atoms with van der Waals surface area (Å²) in [6.45, 7) is 2.34. The first-order chi connectivity index (χ1) is 15.3. The van der Waals surface area contributed by atoms with Gasteiger partial charge in [-0.1, -0.05) is 41.6 Å². The minimum absolute atomic E-state index is 0.125. The van der Waals surface area contributed by atoms with Crippen molar-refractivity contribution in [3.05, 3.63) is 59.2 Å². The van der Waals surface area contributed by atoms with Crippen LogP contribution in [-0.4, -0.2) is 69.9 Å². The zero-order valence-electron chi connectivity index (χ0n) is 17.8. The van der Waals surface area contributed by atoms with Crippen molar-refractivity contribution < 1.29 is 19.8 Å². The number of nitrogens with zero attached hydrogens (tertiary/aromatic N) is 5. The first-order valence-electron chi connectivity index (χ1n) is 9.88. The number of imide groups is 1. The monoisotopic (exact) mass is 434 g/mol. The Hall–Kier alpha value is -4.30. The highest BCUT2D eigenvalue weighted by molar-refractivity contribution is 6.23. The van der Waals surface area contributed by atoms with E-state index >= 15 is 0 Å². The Morgan fingerprint density at radius 3 is 2.56 bits per heavy atom. The van der Waals surface area contributed by atoms with Crippen LogP contribution in [0.4, 0.5) is 4.79 Å². The number of hydrazone groups is 1. The second kappa shape index (κ2) is 8.09. The maximum atomic E-state index is 12.9. The minimum atomic E-state index is -0.787. The number of aromatic hydroxyl groups is 1. The Balaban J connectivity index is 1.65. The van der Waals surface area contributed by atoms with Gasteiger partial charge in [-0.25, -0.2) is 19.3 Å². The summed E-state index contributed by atoms with van der Waals surface area (Å²) < 4.78 is 4.46. The number of rotatable bonds is 4. The number of guanidine groups is 1. The Bertz CT molecular complexity index is 1180. The fraction of sp³-hybridized carbons (Fsp3) is 0.227. The molecule has 10 heteroatoms. The van der Waals surface area contributed by atoms with E-state index in [1.807, 2.05) is 31.2 Å². The van der Waals surface area contributed by atoms with Crippen molar-refractivity contribution in [2.45, 2.75) is 19.5 Å². The molecule has 1 atom stereocenters. The van der Waals surface area contributed by atoms with Crippen LogP contribution in [0.3, 0.4) is 0 Å². The molecule has 2 heterocycles. The van der Waals surface area contributed by atoms with Gasteiger partial charge in [0.1, 0.15) is 5.75 Å². The molecule has 1 fully saturated rings. The van der Waals surface area contributed by atoms with Crippen molar-refractivity contribution in [2.75, 3.05) is 14.1 Å². The largest absolute Gasteiger partial charge is 0.872 e. The number of likely N-dealkylation sites (N-methyl/N-ethyl adjacent to an activating group) is 2. The molecule has 0 bridgehead atoms. The van der Waals surface area contributed by atoms with E-state index in [1.165, 1.54) is 30.3 Å². The fourth-order valence-electron chi connectivity index (χ4n) is 3.53. The summed E-state index contributed by atoms with van der Waals surface area (Å²) in [5, 5.41) is 25.4. The van der Waals surface area contributed by atoms with E-state index in [1.54, 1.807) is 11.9 Å².